The van der Waals surface area contributed by atoms with E-state index in [0.29, 0.717) is 12.0 Å². The van der Waals surface area contributed by atoms with E-state index < -0.39 is 5.97 Å². The lowest BCUT2D eigenvalue weighted by atomic mass is 9.87. The molecule has 0 saturated carbocycles. The van der Waals surface area contributed by atoms with Crippen LogP contribution in [0.3, 0.4) is 0 Å². The number of carboxylic acid groups (broad SMARTS) is 1. The Morgan fingerprint density at radius 3 is 1.41 bits per heavy atom. The normalized spacial score (nSPS) is 11.1. The summed E-state index contributed by atoms with van der Waals surface area (Å²) in [6.07, 6.45) is 3.19. The molecule has 0 fully saturated rings. The lowest BCUT2D eigenvalue weighted by Gasteiger charge is -2.18. The van der Waals surface area contributed by atoms with Gasteiger partial charge in [0.25, 0.3) is 0 Å². The van der Waals surface area contributed by atoms with Crippen molar-refractivity contribution in [1.82, 2.24) is 0 Å². The molecule has 2 N–H and O–H groups in total. The van der Waals surface area contributed by atoms with Crippen LogP contribution in [0.15, 0.2) is 84.9 Å². The third-order valence-electron chi connectivity index (χ3n) is 9.06. The van der Waals surface area contributed by atoms with Crippen molar-refractivity contribution >= 4 is 5.97 Å². The van der Waals surface area contributed by atoms with E-state index in [-0.39, 0.29) is 11.3 Å². The van der Waals surface area contributed by atoms with Crippen molar-refractivity contribution in [2.45, 2.75) is 67.2 Å². The zero-order valence-electron chi connectivity index (χ0n) is 26.7. The highest BCUT2D eigenvalue weighted by molar-refractivity contribution is 5.91. The maximum Gasteiger partial charge on any atom is 0.339 e. The minimum atomic E-state index is -1.12. The number of hydrogen-bond acceptors (Lipinski definition) is 2. The second-order valence-corrected chi connectivity index (χ2v) is 12.4. The standard InChI is InChI=1S/C41H42O3/c1-25-18-26(2)37(27(3)19-25)22-32-14-16-34(17-15-32)24-39-29(5)20-28(4)38(30(39)6)23-33-12-10-31(11-13-33)21-35-8-7-9-36(40(35)42)41(43)44/h7-20,42H,21-24H2,1-6H3,(H,43,44). The molecule has 5 aromatic rings. The summed E-state index contributed by atoms with van der Waals surface area (Å²) in [7, 11) is 0. The van der Waals surface area contributed by atoms with E-state index in [2.05, 4.69) is 108 Å². The van der Waals surface area contributed by atoms with Gasteiger partial charge in [0.1, 0.15) is 11.3 Å². The number of rotatable bonds is 9. The van der Waals surface area contributed by atoms with Gasteiger partial charge >= 0.3 is 5.97 Å². The van der Waals surface area contributed by atoms with Gasteiger partial charge < -0.3 is 10.2 Å². The van der Waals surface area contributed by atoms with Gasteiger partial charge in [0, 0.05) is 6.42 Å². The first-order valence-electron chi connectivity index (χ1n) is 15.3. The molecule has 0 spiro atoms. The van der Waals surface area contributed by atoms with Gasteiger partial charge in [-0.15, -0.1) is 0 Å². The third-order valence-corrected chi connectivity index (χ3v) is 9.06. The number of aromatic carboxylic acids is 1. The zero-order valence-corrected chi connectivity index (χ0v) is 26.7. The van der Waals surface area contributed by atoms with Crippen LogP contribution in [0.4, 0.5) is 0 Å². The zero-order chi connectivity index (χ0) is 31.5. The summed E-state index contributed by atoms with van der Waals surface area (Å²) in [6, 6.07) is 29.3. The minimum absolute atomic E-state index is 0.0661. The largest absolute Gasteiger partial charge is 0.507 e. The summed E-state index contributed by atoms with van der Waals surface area (Å²) in [4.78, 5) is 11.4. The first kappa shape index (κ1) is 30.8. The Balaban J connectivity index is 1.31. The van der Waals surface area contributed by atoms with Gasteiger partial charge in [0.2, 0.25) is 0 Å². The fourth-order valence-electron chi connectivity index (χ4n) is 6.59. The molecule has 3 heteroatoms. The van der Waals surface area contributed by atoms with Gasteiger partial charge in [-0.1, -0.05) is 84.4 Å². The number of aromatic hydroxyl groups is 1. The molecule has 0 saturated heterocycles. The predicted molar refractivity (Wildman–Crippen MR) is 180 cm³/mol. The number of carbonyl (C=O) groups is 1. The fourth-order valence-corrected chi connectivity index (χ4v) is 6.59. The van der Waals surface area contributed by atoms with Gasteiger partial charge in [-0.3, -0.25) is 0 Å². The summed E-state index contributed by atoms with van der Waals surface area (Å²) in [6.45, 7) is 13.3. The van der Waals surface area contributed by atoms with Crippen molar-refractivity contribution in [2.75, 3.05) is 0 Å². The third kappa shape index (κ3) is 6.78. The molecule has 0 aliphatic rings. The van der Waals surface area contributed by atoms with Crippen molar-refractivity contribution in [3.8, 4) is 5.75 Å². The molecule has 0 atom stereocenters. The van der Waals surface area contributed by atoms with Crippen LogP contribution in [0.5, 0.6) is 5.75 Å². The van der Waals surface area contributed by atoms with Crippen LogP contribution in [0.25, 0.3) is 0 Å². The molecule has 0 bridgehead atoms. The topological polar surface area (TPSA) is 57.5 Å². The SMILES string of the molecule is Cc1cc(C)c(Cc2ccc(Cc3c(C)cc(C)c(Cc4ccc(Cc5cccc(C(=O)O)c5O)cc4)c3C)cc2)c(C)c1. The van der Waals surface area contributed by atoms with Crippen molar-refractivity contribution in [3.05, 3.63) is 168 Å². The average molecular weight is 583 g/mol. The molecule has 0 unspecified atom stereocenters. The van der Waals surface area contributed by atoms with Gasteiger partial charge in [-0.25, -0.2) is 4.79 Å². The van der Waals surface area contributed by atoms with Crippen molar-refractivity contribution in [1.29, 1.82) is 0 Å². The number of para-hydroxylation sites is 1. The van der Waals surface area contributed by atoms with Gasteiger partial charge in [0.05, 0.1) is 0 Å². The van der Waals surface area contributed by atoms with Crippen molar-refractivity contribution in [3.63, 3.8) is 0 Å². The maximum absolute atomic E-state index is 11.4. The van der Waals surface area contributed by atoms with Gasteiger partial charge in [0.15, 0.2) is 0 Å². The lowest BCUT2D eigenvalue weighted by molar-refractivity contribution is 0.0693. The van der Waals surface area contributed by atoms with E-state index >= 15 is 0 Å². The number of hydrogen-bond donors (Lipinski definition) is 2. The molecule has 44 heavy (non-hydrogen) atoms. The molecule has 0 heterocycles. The Labute approximate surface area is 261 Å². The number of phenols is 1. The lowest BCUT2D eigenvalue weighted by Crippen LogP contribution is -2.04. The molecule has 5 aromatic carbocycles. The highest BCUT2D eigenvalue weighted by Crippen LogP contribution is 2.29. The van der Waals surface area contributed by atoms with Crippen LogP contribution in [-0.4, -0.2) is 16.2 Å². The monoisotopic (exact) mass is 582 g/mol. The molecule has 0 aliphatic carbocycles. The fraction of sp³-hybridized carbons (Fsp3) is 0.244. The van der Waals surface area contributed by atoms with Crippen LogP contribution in [0.1, 0.15) is 88.2 Å². The van der Waals surface area contributed by atoms with Crippen LogP contribution in [0.2, 0.25) is 0 Å². The summed E-state index contributed by atoms with van der Waals surface area (Å²) in [5.41, 5.74) is 17.7. The minimum Gasteiger partial charge on any atom is -0.507 e. The van der Waals surface area contributed by atoms with Crippen LogP contribution < -0.4 is 0 Å². The van der Waals surface area contributed by atoms with E-state index in [9.17, 15) is 15.0 Å². The second kappa shape index (κ2) is 12.9. The van der Waals surface area contributed by atoms with Crippen LogP contribution >= 0.6 is 0 Å². The van der Waals surface area contributed by atoms with Crippen LogP contribution in [0, 0.1) is 41.5 Å². The molecule has 0 amide bonds. The smallest absolute Gasteiger partial charge is 0.339 e. The number of carboxylic acids is 1. The number of aryl methyl sites for hydroxylation is 5. The van der Waals surface area contributed by atoms with Crippen molar-refractivity contribution in [2.24, 2.45) is 0 Å². The molecule has 0 aromatic heterocycles. The quantitative estimate of drug-likeness (QED) is 0.182. The summed E-state index contributed by atoms with van der Waals surface area (Å²) >= 11 is 0. The van der Waals surface area contributed by atoms with Crippen molar-refractivity contribution < 1.29 is 15.0 Å². The summed E-state index contributed by atoms with van der Waals surface area (Å²) in [5.74, 6) is -1.28. The van der Waals surface area contributed by atoms with E-state index in [1.165, 1.54) is 72.8 Å². The summed E-state index contributed by atoms with van der Waals surface area (Å²) < 4.78 is 0. The molecule has 0 radical (unpaired) electrons. The van der Waals surface area contributed by atoms with Gasteiger partial charge in [-0.2, -0.15) is 0 Å². The second-order valence-electron chi connectivity index (χ2n) is 12.4. The Kier molecular flexibility index (Phi) is 9.06. The molecule has 5 rings (SSSR count). The summed E-state index contributed by atoms with van der Waals surface area (Å²) in [5, 5.41) is 19.7. The molecule has 3 nitrogen and oxygen atoms in total. The van der Waals surface area contributed by atoms with E-state index in [0.717, 1.165) is 24.8 Å². The predicted octanol–water partition coefficient (Wildman–Crippen LogP) is 9.30. The van der Waals surface area contributed by atoms with Crippen LogP contribution in [-0.2, 0) is 25.7 Å². The molecular weight excluding hydrogens is 540 g/mol. The first-order chi connectivity index (χ1) is 21.0. The average Bonchev–Trinajstić information content (AvgIpc) is 2.97. The Bertz CT molecular complexity index is 1800. The maximum atomic E-state index is 11.4. The Morgan fingerprint density at radius 2 is 0.955 bits per heavy atom. The number of benzene rings is 5. The Hall–Kier alpha value is -4.63. The van der Waals surface area contributed by atoms with E-state index in [4.69, 9.17) is 0 Å². The molecular formula is C41H42O3. The van der Waals surface area contributed by atoms with Gasteiger partial charge in [-0.05, 0) is 139 Å². The van der Waals surface area contributed by atoms with E-state index in [1.54, 1.807) is 12.1 Å². The Morgan fingerprint density at radius 1 is 0.545 bits per heavy atom. The molecule has 0 aliphatic heterocycles. The highest BCUT2D eigenvalue weighted by Gasteiger charge is 2.15. The molecule has 224 valence electrons. The first-order valence-corrected chi connectivity index (χ1v) is 15.3. The van der Waals surface area contributed by atoms with E-state index in [1.807, 2.05) is 0 Å². The highest BCUT2D eigenvalue weighted by atomic mass is 16.4.